The molecule has 0 spiro atoms. The summed E-state index contributed by atoms with van der Waals surface area (Å²) in [5.74, 6) is -0.331. The fourth-order valence-corrected chi connectivity index (χ4v) is 3.53. The first-order valence-electron chi connectivity index (χ1n) is 8.92. The Balaban J connectivity index is 1.32. The van der Waals surface area contributed by atoms with Crippen LogP contribution in [0, 0.1) is 5.82 Å². The van der Waals surface area contributed by atoms with E-state index in [1.165, 1.54) is 23.5 Å². The number of carbonyl (C=O) groups is 2. The summed E-state index contributed by atoms with van der Waals surface area (Å²) in [5.41, 5.74) is 1.56. The van der Waals surface area contributed by atoms with Crippen LogP contribution < -0.4 is 10.6 Å². The first kappa shape index (κ1) is 19.3. The highest BCUT2D eigenvalue weighted by Gasteiger charge is 2.20. The second kappa shape index (κ2) is 9.48. The number of piperazine rings is 1. The Hall–Kier alpha value is -2.45. The van der Waals surface area contributed by atoms with Crippen LogP contribution in [0.5, 0.6) is 0 Å². The molecule has 1 aliphatic rings. The van der Waals surface area contributed by atoms with Crippen molar-refractivity contribution in [3.05, 3.63) is 58.0 Å². The van der Waals surface area contributed by atoms with Crippen LogP contribution in [0.4, 0.5) is 9.18 Å². The van der Waals surface area contributed by atoms with E-state index in [9.17, 15) is 14.0 Å². The Morgan fingerprint density at radius 2 is 1.78 bits per heavy atom. The topological polar surface area (TPSA) is 64.7 Å². The van der Waals surface area contributed by atoms with Gasteiger partial charge in [0.25, 0.3) is 5.91 Å². The molecule has 144 valence electrons. The van der Waals surface area contributed by atoms with Crippen molar-refractivity contribution in [2.24, 2.45) is 0 Å². The summed E-state index contributed by atoms with van der Waals surface area (Å²) in [5, 5.41) is 9.50. The highest BCUT2D eigenvalue weighted by Crippen LogP contribution is 2.06. The SMILES string of the molecule is O=C(NCCN1CCN(C(=O)NCc2ccc(F)cc2)CC1)c1ccsc1. The number of rotatable bonds is 6. The van der Waals surface area contributed by atoms with Crippen molar-refractivity contribution in [2.45, 2.75) is 6.54 Å². The summed E-state index contributed by atoms with van der Waals surface area (Å²) >= 11 is 1.50. The van der Waals surface area contributed by atoms with Crippen molar-refractivity contribution in [3.63, 3.8) is 0 Å². The fourth-order valence-electron chi connectivity index (χ4n) is 2.89. The average molecular weight is 390 g/mol. The van der Waals surface area contributed by atoms with Gasteiger partial charge in [0.15, 0.2) is 0 Å². The van der Waals surface area contributed by atoms with Gasteiger partial charge in [-0.25, -0.2) is 9.18 Å². The minimum absolute atomic E-state index is 0.0462. The van der Waals surface area contributed by atoms with Crippen LogP contribution in [0.1, 0.15) is 15.9 Å². The van der Waals surface area contributed by atoms with Crippen LogP contribution in [0.25, 0.3) is 0 Å². The largest absolute Gasteiger partial charge is 0.351 e. The molecule has 2 aromatic rings. The molecule has 1 aliphatic heterocycles. The van der Waals surface area contributed by atoms with E-state index in [1.807, 2.05) is 16.8 Å². The van der Waals surface area contributed by atoms with Gasteiger partial charge in [0.1, 0.15) is 5.82 Å². The van der Waals surface area contributed by atoms with Crippen molar-refractivity contribution in [1.82, 2.24) is 20.4 Å². The molecule has 0 saturated carbocycles. The van der Waals surface area contributed by atoms with E-state index in [4.69, 9.17) is 0 Å². The zero-order chi connectivity index (χ0) is 19.1. The lowest BCUT2D eigenvalue weighted by Crippen LogP contribution is -2.52. The standard InChI is InChI=1S/C19H23FN4O2S/c20-17-3-1-15(2-4-17)13-22-19(26)24-10-8-23(9-11-24)7-6-21-18(25)16-5-12-27-14-16/h1-5,12,14H,6-11,13H2,(H,21,25)(H,22,26). The summed E-state index contributed by atoms with van der Waals surface area (Å²) in [7, 11) is 0. The van der Waals surface area contributed by atoms with Gasteiger partial charge in [-0.15, -0.1) is 0 Å². The van der Waals surface area contributed by atoms with E-state index >= 15 is 0 Å². The number of hydrogen-bond donors (Lipinski definition) is 2. The summed E-state index contributed by atoms with van der Waals surface area (Å²) in [6.45, 7) is 4.58. The van der Waals surface area contributed by atoms with E-state index in [0.29, 0.717) is 31.7 Å². The zero-order valence-electron chi connectivity index (χ0n) is 15.0. The third kappa shape index (κ3) is 5.77. The monoisotopic (exact) mass is 390 g/mol. The van der Waals surface area contributed by atoms with Crippen molar-refractivity contribution in [2.75, 3.05) is 39.3 Å². The number of halogens is 1. The molecule has 6 nitrogen and oxygen atoms in total. The highest BCUT2D eigenvalue weighted by atomic mass is 32.1. The average Bonchev–Trinajstić information content (AvgIpc) is 3.23. The lowest BCUT2D eigenvalue weighted by molar-refractivity contribution is 0.0942. The molecule has 0 aliphatic carbocycles. The second-order valence-electron chi connectivity index (χ2n) is 6.38. The number of amides is 3. The van der Waals surface area contributed by atoms with Crippen molar-refractivity contribution >= 4 is 23.3 Å². The molecule has 3 amide bonds. The number of nitrogens with zero attached hydrogens (tertiary/aromatic N) is 2. The molecule has 3 rings (SSSR count). The van der Waals surface area contributed by atoms with Crippen LogP contribution in [0.3, 0.4) is 0 Å². The maximum atomic E-state index is 12.9. The lowest BCUT2D eigenvalue weighted by atomic mass is 10.2. The molecule has 0 radical (unpaired) electrons. The van der Waals surface area contributed by atoms with Gasteiger partial charge >= 0.3 is 6.03 Å². The first-order valence-corrected chi connectivity index (χ1v) is 9.86. The van der Waals surface area contributed by atoms with E-state index < -0.39 is 0 Å². The minimum atomic E-state index is -0.285. The normalized spacial score (nSPS) is 14.8. The molecule has 1 fully saturated rings. The molecule has 1 aromatic carbocycles. The molecule has 1 aromatic heterocycles. The van der Waals surface area contributed by atoms with Crippen molar-refractivity contribution < 1.29 is 14.0 Å². The summed E-state index contributed by atoms with van der Waals surface area (Å²) in [4.78, 5) is 28.2. The van der Waals surface area contributed by atoms with Crippen LogP contribution in [0.2, 0.25) is 0 Å². The van der Waals surface area contributed by atoms with E-state index in [1.54, 1.807) is 17.0 Å². The molecule has 1 saturated heterocycles. The van der Waals surface area contributed by atoms with Crippen LogP contribution in [-0.2, 0) is 6.54 Å². The highest BCUT2D eigenvalue weighted by molar-refractivity contribution is 7.08. The van der Waals surface area contributed by atoms with Crippen LogP contribution in [-0.4, -0.2) is 61.0 Å². The van der Waals surface area contributed by atoms with Gasteiger partial charge < -0.3 is 15.5 Å². The maximum absolute atomic E-state index is 12.9. The van der Waals surface area contributed by atoms with Crippen molar-refractivity contribution in [3.8, 4) is 0 Å². The van der Waals surface area contributed by atoms with Crippen molar-refractivity contribution in [1.29, 1.82) is 0 Å². The molecule has 2 heterocycles. The van der Waals surface area contributed by atoms with Gasteiger partial charge in [-0.2, -0.15) is 11.3 Å². The van der Waals surface area contributed by atoms with Gasteiger partial charge in [-0.1, -0.05) is 12.1 Å². The third-order valence-electron chi connectivity index (χ3n) is 4.51. The Kier molecular flexibility index (Phi) is 6.78. The number of carbonyl (C=O) groups excluding carboxylic acids is 2. The minimum Gasteiger partial charge on any atom is -0.351 e. The van der Waals surface area contributed by atoms with Gasteiger partial charge in [0.2, 0.25) is 0 Å². The predicted molar refractivity (Wildman–Crippen MR) is 103 cm³/mol. The quantitative estimate of drug-likeness (QED) is 0.794. The Morgan fingerprint density at radius 1 is 1.04 bits per heavy atom. The zero-order valence-corrected chi connectivity index (χ0v) is 15.8. The van der Waals surface area contributed by atoms with Gasteiger partial charge in [0.05, 0.1) is 0 Å². The van der Waals surface area contributed by atoms with Gasteiger partial charge in [-0.3, -0.25) is 9.69 Å². The second-order valence-corrected chi connectivity index (χ2v) is 7.16. The van der Waals surface area contributed by atoms with E-state index in [0.717, 1.165) is 25.2 Å². The van der Waals surface area contributed by atoms with Crippen LogP contribution in [0.15, 0.2) is 41.1 Å². The summed E-state index contributed by atoms with van der Waals surface area (Å²) < 4.78 is 12.9. The summed E-state index contributed by atoms with van der Waals surface area (Å²) in [6, 6.07) is 7.80. The number of hydrogen-bond acceptors (Lipinski definition) is 4. The molecule has 27 heavy (non-hydrogen) atoms. The third-order valence-corrected chi connectivity index (χ3v) is 5.20. The number of urea groups is 1. The maximum Gasteiger partial charge on any atom is 0.317 e. The van der Waals surface area contributed by atoms with E-state index in [2.05, 4.69) is 15.5 Å². The molecule has 0 bridgehead atoms. The molecule has 2 N–H and O–H groups in total. The molecule has 8 heteroatoms. The molecular formula is C19H23FN4O2S. The molecule has 0 unspecified atom stereocenters. The molecule has 0 atom stereocenters. The molecular weight excluding hydrogens is 367 g/mol. The number of thiophene rings is 1. The lowest BCUT2D eigenvalue weighted by Gasteiger charge is -2.34. The smallest absolute Gasteiger partial charge is 0.317 e. The van der Waals surface area contributed by atoms with E-state index in [-0.39, 0.29) is 17.8 Å². The first-order chi connectivity index (χ1) is 13.1. The Bertz CT molecular complexity index is 744. The van der Waals surface area contributed by atoms with Gasteiger partial charge in [0, 0.05) is 56.8 Å². The number of nitrogens with one attached hydrogen (secondary N) is 2. The fraction of sp³-hybridized carbons (Fsp3) is 0.368. The Morgan fingerprint density at radius 3 is 2.44 bits per heavy atom. The predicted octanol–water partition coefficient (Wildman–Crippen LogP) is 2.14. The van der Waals surface area contributed by atoms with Crippen LogP contribution >= 0.6 is 11.3 Å². The Labute approximate surface area is 162 Å². The van der Waals surface area contributed by atoms with Gasteiger partial charge in [-0.05, 0) is 29.1 Å². The summed E-state index contributed by atoms with van der Waals surface area (Å²) in [6.07, 6.45) is 0. The number of benzene rings is 1.